The van der Waals surface area contributed by atoms with E-state index in [0.717, 1.165) is 38.1 Å². The van der Waals surface area contributed by atoms with Gasteiger partial charge in [0.2, 0.25) is 0 Å². The van der Waals surface area contributed by atoms with Gasteiger partial charge in [0, 0.05) is 37.9 Å². The van der Waals surface area contributed by atoms with Gasteiger partial charge >= 0.3 is 0 Å². The number of hydrogen-bond donors (Lipinski definition) is 2. The zero-order valence-electron chi connectivity index (χ0n) is 24.4. The maximum absolute atomic E-state index is 13.4. The first-order chi connectivity index (χ1) is 19.2. The average Bonchev–Trinajstić information content (AvgIpc) is 3.31. The predicted molar refractivity (Wildman–Crippen MR) is 158 cm³/mol. The molecule has 0 radical (unpaired) electrons. The highest BCUT2D eigenvalue weighted by Crippen LogP contribution is 2.41. The van der Waals surface area contributed by atoms with Crippen LogP contribution in [0.25, 0.3) is 0 Å². The van der Waals surface area contributed by atoms with Crippen LogP contribution in [0.15, 0.2) is 47.4 Å². The van der Waals surface area contributed by atoms with Gasteiger partial charge < -0.3 is 15.2 Å². The summed E-state index contributed by atoms with van der Waals surface area (Å²) < 4.78 is 30.2. The number of sulfone groups is 1. The van der Waals surface area contributed by atoms with Crippen LogP contribution in [0.4, 0.5) is 0 Å². The molecule has 7 nitrogen and oxygen atoms in total. The van der Waals surface area contributed by atoms with Gasteiger partial charge in [-0.2, -0.15) is 0 Å². The summed E-state index contributed by atoms with van der Waals surface area (Å²) in [6, 6.07) is 12.6. The van der Waals surface area contributed by atoms with Gasteiger partial charge in [0.1, 0.15) is 0 Å². The van der Waals surface area contributed by atoms with E-state index in [2.05, 4.69) is 37.1 Å². The van der Waals surface area contributed by atoms with Crippen molar-refractivity contribution in [3.8, 4) is 0 Å². The number of nitrogens with one attached hydrogen (secondary N) is 1. The molecule has 1 fully saturated rings. The summed E-state index contributed by atoms with van der Waals surface area (Å²) in [4.78, 5) is 16.2. The van der Waals surface area contributed by atoms with E-state index >= 15 is 0 Å². The summed E-state index contributed by atoms with van der Waals surface area (Å²) in [7, 11) is -3.30. The number of nitrogens with zero attached hydrogens (tertiary/aromatic N) is 1. The third-order valence-electron chi connectivity index (χ3n) is 8.56. The first-order valence-corrected chi connectivity index (χ1v) is 16.5. The Morgan fingerprint density at radius 1 is 1.07 bits per heavy atom. The van der Waals surface area contributed by atoms with Crippen molar-refractivity contribution in [1.82, 2.24) is 10.2 Å². The van der Waals surface area contributed by atoms with Gasteiger partial charge in [0.25, 0.3) is 5.91 Å². The molecule has 2 atom stereocenters. The molecule has 2 aliphatic rings. The third-order valence-corrected chi connectivity index (χ3v) is 10.3. The van der Waals surface area contributed by atoms with Gasteiger partial charge in [-0.3, -0.25) is 9.69 Å². The molecule has 8 heteroatoms. The van der Waals surface area contributed by atoms with E-state index in [0.29, 0.717) is 36.0 Å². The Labute approximate surface area is 240 Å². The van der Waals surface area contributed by atoms with Gasteiger partial charge in [-0.05, 0) is 91.8 Å². The van der Waals surface area contributed by atoms with Crippen LogP contribution >= 0.6 is 0 Å². The Kier molecular flexibility index (Phi) is 10.4. The number of rotatable bonds is 12. The Balaban J connectivity index is 1.45. The van der Waals surface area contributed by atoms with Crippen LogP contribution in [0, 0.1) is 11.8 Å². The summed E-state index contributed by atoms with van der Waals surface area (Å²) in [5, 5.41) is 12.7. The molecule has 2 aromatic carbocycles. The Morgan fingerprint density at radius 2 is 1.77 bits per heavy atom. The van der Waals surface area contributed by atoms with E-state index in [1.54, 1.807) is 31.2 Å². The molecule has 1 aliphatic carbocycles. The largest absolute Gasteiger partial charge is 0.396 e. The lowest BCUT2D eigenvalue weighted by atomic mass is 9.86. The van der Waals surface area contributed by atoms with Crippen LogP contribution < -0.4 is 5.32 Å². The summed E-state index contributed by atoms with van der Waals surface area (Å²) in [5.74, 6) is 0.980. The quantitative estimate of drug-likeness (QED) is 0.353. The highest BCUT2D eigenvalue weighted by atomic mass is 32.2. The fourth-order valence-electron chi connectivity index (χ4n) is 6.46. The molecule has 0 saturated heterocycles. The molecule has 0 unspecified atom stereocenters. The second-order valence-electron chi connectivity index (χ2n) is 11.6. The highest BCUT2D eigenvalue weighted by molar-refractivity contribution is 7.91. The van der Waals surface area contributed by atoms with Crippen molar-refractivity contribution >= 4 is 15.7 Å². The number of benzene rings is 2. The van der Waals surface area contributed by atoms with Crippen molar-refractivity contribution in [3.05, 3.63) is 64.7 Å². The summed E-state index contributed by atoms with van der Waals surface area (Å²) >= 11 is 0. The van der Waals surface area contributed by atoms with Crippen molar-refractivity contribution in [2.75, 3.05) is 25.5 Å². The number of carbonyl (C=O) groups is 1. The Morgan fingerprint density at radius 3 is 2.38 bits per heavy atom. The minimum atomic E-state index is -3.30. The number of carbonyl (C=O) groups excluding carboxylic acids is 1. The minimum Gasteiger partial charge on any atom is -0.396 e. The zero-order chi connectivity index (χ0) is 28.9. The third kappa shape index (κ3) is 7.14. The maximum Gasteiger partial charge on any atom is 0.251 e. The number of ether oxygens (including phenoxy) is 1. The van der Waals surface area contributed by atoms with Crippen LogP contribution in [-0.4, -0.2) is 55.9 Å². The van der Waals surface area contributed by atoms with Crippen molar-refractivity contribution in [2.45, 2.75) is 89.4 Å². The second kappa shape index (κ2) is 13.6. The molecule has 1 heterocycles. The summed E-state index contributed by atoms with van der Waals surface area (Å²) in [5.41, 5.74) is 3.90. The maximum atomic E-state index is 13.4. The lowest BCUT2D eigenvalue weighted by Gasteiger charge is -2.35. The molecule has 0 spiro atoms. The molecule has 2 aromatic rings. The monoisotopic (exact) mass is 570 g/mol. The molecule has 220 valence electrons. The smallest absolute Gasteiger partial charge is 0.251 e. The lowest BCUT2D eigenvalue weighted by molar-refractivity contribution is 0.0175. The number of aliphatic hydroxyl groups excluding tert-OH is 1. The second-order valence-corrected chi connectivity index (χ2v) is 13.9. The molecule has 40 heavy (non-hydrogen) atoms. The average molecular weight is 571 g/mol. The fraction of sp³-hybridized carbons (Fsp3) is 0.594. The molecular formula is C32H46N2O5S. The van der Waals surface area contributed by atoms with Gasteiger partial charge in [-0.15, -0.1) is 0 Å². The molecule has 1 aliphatic heterocycles. The summed E-state index contributed by atoms with van der Waals surface area (Å²) in [6.45, 7) is 10.8. The van der Waals surface area contributed by atoms with E-state index in [9.17, 15) is 18.3 Å². The van der Waals surface area contributed by atoms with E-state index in [1.165, 1.54) is 24.0 Å². The highest BCUT2D eigenvalue weighted by Gasteiger charge is 2.35. The van der Waals surface area contributed by atoms with E-state index < -0.39 is 15.9 Å². The topological polar surface area (TPSA) is 95.9 Å². The number of fused-ring (bicyclic) bond motifs is 1. The van der Waals surface area contributed by atoms with Crippen LogP contribution in [-0.2, 0) is 21.1 Å². The molecule has 1 amide bonds. The van der Waals surface area contributed by atoms with Crippen molar-refractivity contribution < 1.29 is 23.1 Å². The van der Waals surface area contributed by atoms with Gasteiger partial charge in [-0.25, -0.2) is 8.42 Å². The van der Waals surface area contributed by atoms with Crippen LogP contribution in [0.1, 0.15) is 98.9 Å². The molecule has 4 rings (SSSR count). The number of hydrogen-bond acceptors (Lipinski definition) is 6. The van der Waals surface area contributed by atoms with Gasteiger partial charge in [0.15, 0.2) is 9.84 Å². The normalized spacial score (nSPS) is 22.3. The lowest BCUT2D eigenvalue weighted by Crippen LogP contribution is -2.33. The van der Waals surface area contributed by atoms with E-state index in [1.807, 2.05) is 12.1 Å². The van der Waals surface area contributed by atoms with E-state index in [4.69, 9.17) is 4.74 Å². The number of aliphatic hydroxyl groups is 1. The standard InChI is InChI=1S/C32H46N2O5S/c1-5-39-27-12-7-23(8-13-27)20-34-21-26-19-25(11-16-29(26)31(34)22(3)4)32(36)33-30(17-18-35)24-9-14-28(15-10-24)40(37,38)6-2/h9-11,14-16,19,22-23,27,30-31,35H,5-8,12-13,17-18,20-21H2,1-4H3,(H,33,36)/t23?,27?,30-,31+/m0/s1. The first kappa shape index (κ1) is 30.7. The van der Waals surface area contributed by atoms with Gasteiger partial charge in [-0.1, -0.05) is 39.0 Å². The predicted octanol–water partition coefficient (Wildman–Crippen LogP) is 5.44. The first-order valence-electron chi connectivity index (χ1n) is 14.9. The Bertz CT molecular complexity index is 1240. The van der Waals surface area contributed by atoms with E-state index in [-0.39, 0.29) is 23.2 Å². The summed E-state index contributed by atoms with van der Waals surface area (Å²) in [6.07, 6.45) is 5.44. The molecule has 2 N–H and O–H groups in total. The van der Waals surface area contributed by atoms with Crippen LogP contribution in [0.2, 0.25) is 0 Å². The molecule has 1 saturated carbocycles. The van der Waals surface area contributed by atoms with Gasteiger partial charge in [0.05, 0.1) is 22.8 Å². The zero-order valence-corrected chi connectivity index (χ0v) is 25.3. The molecular weight excluding hydrogens is 524 g/mol. The number of amides is 1. The van der Waals surface area contributed by atoms with Crippen LogP contribution in [0.5, 0.6) is 0 Å². The van der Waals surface area contributed by atoms with Crippen molar-refractivity contribution in [3.63, 3.8) is 0 Å². The van der Waals surface area contributed by atoms with Crippen molar-refractivity contribution in [1.29, 1.82) is 0 Å². The Hall–Kier alpha value is -2.26. The fourth-order valence-corrected chi connectivity index (χ4v) is 7.34. The molecule has 0 aromatic heterocycles. The van der Waals surface area contributed by atoms with Crippen molar-refractivity contribution in [2.24, 2.45) is 11.8 Å². The van der Waals surface area contributed by atoms with Crippen LogP contribution in [0.3, 0.4) is 0 Å². The minimum absolute atomic E-state index is 0.0333. The molecule has 0 bridgehead atoms. The SMILES string of the molecule is CCOC1CCC(CN2Cc3cc(C(=O)N[C@@H](CCO)c4ccc(S(=O)(=O)CC)cc4)ccc3[C@H]2C(C)C)CC1.